The van der Waals surface area contributed by atoms with Crippen LogP contribution in [0.1, 0.15) is 20.3 Å². The van der Waals surface area contributed by atoms with Crippen molar-refractivity contribution in [2.75, 3.05) is 5.75 Å². The quantitative estimate of drug-likeness (QED) is 0.851. The van der Waals surface area contributed by atoms with Crippen LogP contribution in [0.5, 0.6) is 0 Å². The van der Waals surface area contributed by atoms with Crippen molar-refractivity contribution in [3.8, 4) is 0 Å². The molecule has 0 radical (unpaired) electrons. The van der Waals surface area contributed by atoms with Gasteiger partial charge in [0, 0.05) is 11.4 Å². The number of nitrogens with zero attached hydrogens (tertiary/aromatic N) is 1. The van der Waals surface area contributed by atoms with Gasteiger partial charge in [0.25, 0.3) is 0 Å². The minimum absolute atomic E-state index is 0.0642. The van der Waals surface area contributed by atoms with E-state index in [1.807, 2.05) is 43.3 Å². The number of nitrogens with one attached hydrogen (secondary N) is 1. The molecule has 0 aliphatic carbocycles. The summed E-state index contributed by atoms with van der Waals surface area (Å²) in [4.78, 5) is 16.2. The number of rotatable bonds is 5. The van der Waals surface area contributed by atoms with Gasteiger partial charge in [-0.05, 0) is 25.5 Å². The van der Waals surface area contributed by atoms with Gasteiger partial charge in [-0.2, -0.15) is 0 Å². The Labute approximate surface area is 117 Å². The maximum atomic E-state index is 11.7. The molecule has 0 fully saturated rings. The van der Waals surface area contributed by atoms with Crippen LogP contribution in [0.2, 0.25) is 0 Å². The van der Waals surface area contributed by atoms with E-state index in [0.717, 1.165) is 22.3 Å². The molecule has 3 nitrogen and oxygen atoms in total. The first-order chi connectivity index (χ1) is 9.19. The summed E-state index contributed by atoms with van der Waals surface area (Å²) in [5, 5.41) is 4.96. The zero-order chi connectivity index (χ0) is 13.7. The molecule has 0 bridgehead atoms. The maximum absolute atomic E-state index is 11.7. The second-order valence-electron chi connectivity index (χ2n) is 4.51. The molecule has 2 aromatic rings. The topological polar surface area (TPSA) is 42.0 Å². The van der Waals surface area contributed by atoms with Gasteiger partial charge >= 0.3 is 0 Å². The Kier molecular flexibility index (Phi) is 4.80. The number of aromatic nitrogens is 1. The van der Waals surface area contributed by atoms with Crippen LogP contribution in [0.25, 0.3) is 10.9 Å². The molecule has 4 heteroatoms. The molecule has 0 saturated heterocycles. The summed E-state index contributed by atoms with van der Waals surface area (Å²) >= 11 is 1.47. The Morgan fingerprint density at radius 3 is 2.89 bits per heavy atom. The van der Waals surface area contributed by atoms with Gasteiger partial charge in [0.05, 0.1) is 16.3 Å². The van der Waals surface area contributed by atoms with E-state index in [0.29, 0.717) is 5.75 Å². The molecule has 100 valence electrons. The number of amides is 1. The second kappa shape index (κ2) is 6.57. The van der Waals surface area contributed by atoms with Crippen molar-refractivity contribution in [1.29, 1.82) is 0 Å². The fourth-order valence-electron chi connectivity index (χ4n) is 1.69. The fraction of sp³-hybridized carbons (Fsp3) is 0.333. The van der Waals surface area contributed by atoms with Crippen molar-refractivity contribution in [2.45, 2.75) is 31.3 Å². The lowest BCUT2D eigenvalue weighted by molar-refractivity contribution is -0.119. The van der Waals surface area contributed by atoms with Gasteiger partial charge in [-0.3, -0.25) is 4.79 Å². The van der Waals surface area contributed by atoms with Gasteiger partial charge in [0.2, 0.25) is 5.91 Å². The minimum atomic E-state index is 0.0642. The Morgan fingerprint density at radius 1 is 1.32 bits per heavy atom. The summed E-state index contributed by atoms with van der Waals surface area (Å²) in [6, 6.07) is 12.2. The number of thioether (sulfide) groups is 1. The molecule has 1 atom stereocenters. The predicted octanol–water partition coefficient (Wildman–Crippen LogP) is 3.24. The smallest absolute Gasteiger partial charge is 0.230 e. The molecule has 0 spiro atoms. The van der Waals surface area contributed by atoms with Crippen LogP contribution in [0, 0.1) is 0 Å². The number of benzene rings is 1. The number of hydrogen-bond acceptors (Lipinski definition) is 3. The molecular formula is C15H18N2OS. The molecule has 2 rings (SSSR count). The monoisotopic (exact) mass is 274 g/mol. The Morgan fingerprint density at radius 2 is 2.11 bits per heavy atom. The Bertz CT molecular complexity index is 571. The lowest BCUT2D eigenvalue weighted by Gasteiger charge is -2.10. The second-order valence-corrected chi connectivity index (χ2v) is 5.50. The Hall–Kier alpha value is -1.55. The highest BCUT2D eigenvalue weighted by Gasteiger charge is 2.07. The molecule has 1 aromatic carbocycles. The van der Waals surface area contributed by atoms with Crippen LogP contribution >= 0.6 is 11.8 Å². The molecule has 1 amide bonds. The van der Waals surface area contributed by atoms with Crippen molar-refractivity contribution in [3.63, 3.8) is 0 Å². The Balaban J connectivity index is 1.96. The van der Waals surface area contributed by atoms with E-state index in [-0.39, 0.29) is 11.9 Å². The van der Waals surface area contributed by atoms with Gasteiger partial charge in [-0.15, -0.1) is 0 Å². The van der Waals surface area contributed by atoms with E-state index in [1.165, 1.54) is 11.8 Å². The summed E-state index contributed by atoms with van der Waals surface area (Å²) < 4.78 is 0. The van der Waals surface area contributed by atoms with Gasteiger partial charge in [-0.25, -0.2) is 4.98 Å². The third-order valence-corrected chi connectivity index (χ3v) is 3.87. The van der Waals surface area contributed by atoms with Crippen molar-refractivity contribution >= 4 is 28.6 Å². The lowest BCUT2D eigenvalue weighted by Crippen LogP contribution is -2.33. The van der Waals surface area contributed by atoms with E-state index in [9.17, 15) is 4.79 Å². The number of carbonyl (C=O) groups excluding carboxylic acids is 1. The summed E-state index contributed by atoms with van der Waals surface area (Å²) in [7, 11) is 0. The standard InChI is InChI=1S/C15H18N2OS/c1-3-11(2)16-14(18)10-19-15-9-8-12-6-4-5-7-13(12)17-15/h4-9,11H,3,10H2,1-2H3,(H,16,18)/t11-/m0/s1. The third kappa shape index (κ3) is 3.96. The minimum Gasteiger partial charge on any atom is -0.353 e. The lowest BCUT2D eigenvalue weighted by atomic mass is 10.2. The number of para-hydroxylation sites is 1. The predicted molar refractivity (Wildman–Crippen MR) is 80.4 cm³/mol. The summed E-state index contributed by atoms with van der Waals surface area (Å²) in [5.74, 6) is 0.477. The highest BCUT2D eigenvalue weighted by Crippen LogP contribution is 2.19. The van der Waals surface area contributed by atoms with Crippen LogP contribution in [0.4, 0.5) is 0 Å². The average molecular weight is 274 g/mol. The van der Waals surface area contributed by atoms with Crippen LogP contribution in [-0.4, -0.2) is 22.7 Å². The average Bonchev–Trinajstić information content (AvgIpc) is 2.44. The molecule has 1 heterocycles. The van der Waals surface area contributed by atoms with E-state index in [4.69, 9.17) is 0 Å². The third-order valence-electron chi connectivity index (χ3n) is 2.94. The van der Waals surface area contributed by atoms with Crippen molar-refractivity contribution in [3.05, 3.63) is 36.4 Å². The zero-order valence-corrected chi connectivity index (χ0v) is 12.0. The first-order valence-electron chi connectivity index (χ1n) is 6.47. The SMILES string of the molecule is CC[C@H](C)NC(=O)CSc1ccc2ccccc2n1. The number of fused-ring (bicyclic) bond motifs is 1. The maximum Gasteiger partial charge on any atom is 0.230 e. The first kappa shape index (κ1) is 13.9. The van der Waals surface area contributed by atoms with Crippen LogP contribution in [0.15, 0.2) is 41.4 Å². The highest BCUT2D eigenvalue weighted by atomic mass is 32.2. The van der Waals surface area contributed by atoms with Crippen molar-refractivity contribution in [1.82, 2.24) is 10.3 Å². The summed E-state index contributed by atoms with van der Waals surface area (Å²) in [6.45, 7) is 4.07. The van der Waals surface area contributed by atoms with E-state index in [1.54, 1.807) is 0 Å². The number of pyridine rings is 1. The summed E-state index contributed by atoms with van der Waals surface area (Å²) in [5.41, 5.74) is 0.967. The largest absolute Gasteiger partial charge is 0.353 e. The van der Waals surface area contributed by atoms with Crippen LogP contribution in [0.3, 0.4) is 0 Å². The molecule has 0 saturated carbocycles. The summed E-state index contributed by atoms with van der Waals surface area (Å²) in [6.07, 6.45) is 0.949. The van der Waals surface area contributed by atoms with Crippen molar-refractivity contribution < 1.29 is 4.79 Å². The zero-order valence-electron chi connectivity index (χ0n) is 11.2. The molecule has 19 heavy (non-hydrogen) atoms. The normalized spacial score (nSPS) is 12.3. The van der Waals surface area contributed by atoms with Crippen LogP contribution < -0.4 is 5.32 Å². The molecular weight excluding hydrogens is 256 g/mol. The van der Waals surface area contributed by atoms with E-state index >= 15 is 0 Å². The molecule has 0 aliphatic heterocycles. The van der Waals surface area contributed by atoms with E-state index < -0.39 is 0 Å². The first-order valence-corrected chi connectivity index (χ1v) is 7.45. The van der Waals surface area contributed by atoms with Gasteiger partial charge < -0.3 is 5.32 Å². The molecule has 0 unspecified atom stereocenters. The van der Waals surface area contributed by atoms with Gasteiger partial charge in [0.15, 0.2) is 0 Å². The number of carbonyl (C=O) groups is 1. The molecule has 0 aliphatic rings. The van der Waals surface area contributed by atoms with E-state index in [2.05, 4.69) is 17.2 Å². The van der Waals surface area contributed by atoms with Gasteiger partial charge in [0.1, 0.15) is 0 Å². The molecule has 1 aromatic heterocycles. The fourth-order valence-corrected chi connectivity index (χ4v) is 2.38. The van der Waals surface area contributed by atoms with Gasteiger partial charge in [-0.1, -0.05) is 43.0 Å². The number of hydrogen-bond donors (Lipinski definition) is 1. The van der Waals surface area contributed by atoms with Crippen LogP contribution in [-0.2, 0) is 4.79 Å². The molecule has 1 N–H and O–H groups in total. The van der Waals surface area contributed by atoms with Crippen molar-refractivity contribution in [2.24, 2.45) is 0 Å². The highest BCUT2D eigenvalue weighted by molar-refractivity contribution is 7.99.